The van der Waals surface area contributed by atoms with Gasteiger partial charge in [-0.15, -0.1) is 5.10 Å². The van der Waals surface area contributed by atoms with Gasteiger partial charge >= 0.3 is 0 Å². The van der Waals surface area contributed by atoms with Crippen LogP contribution in [0.1, 0.15) is 33.0 Å². The van der Waals surface area contributed by atoms with Gasteiger partial charge in [0.2, 0.25) is 5.95 Å². The lowest BCUT2D eigenvalue weighted by Gasteiger charge is -2.08. The molecule has 2 heterocycles. The number of hydrogen-bond donors (Lipinski definition) is 1. The zero-order valence-corrected chi connectivity index (χ0v) is 18.9. The SMILES string of the molecule is Cc1ccc(C)c(OCc2ccc(C(=O)Nc3ncn(Cc4c(Cl)cccc4Cl)n3)o2)c1. The summed E-state index contributed by atoms with van der Waals surface area (Å²) in [5.74, 6) is 1.12. The highest BCUT2D eigenvalue weighted by atomic mass is 35.5. The van der Waals surface area contributed by atoms with E-state index < -0.39 is 5.91 Å². The van der Waals surface area contributed by atoms with E-state index in [2.05, 4.69) is 15.4 Å². The highest BCUT2D eigenvalue weighted by molar-refractivity contribution is 6.35. The summed E-state index contributed by atoms with van der Waals surface area (Å²) in [5.41, 5.74) is 2.85. The number of aromatic nitrogens is 3. The van der Waals surface area contributed by atoms with Crippen LogP contribution in [-0.2, 0) is 13.2 Å². The molecule has 0 unspecified atom stereocenters. The minimum atomic E-state index is -0.462. The van der Waals surface area contributed by atoms with Gasteiger partial charge in [-0.25, -0.2) is 9.67 Å². The van der Waals surface area contributed by atoms with Crippen LogP contribution in [0, 0.1) is 13.8 Å². The molecule has 164 valence electrons. The summed E-state index contributed by atoms with van der Waals surface area (Å²) in [5, 5.41) is 7.92. The number of anilines is 1. The number of nitrogens with zero attached hydrogens (tertiary/aromatic N) is 3. The van der Waals surface area contributed by atoms with Gasteiger partial charge < -0.3 is 9.15 Å². The van der Waals surface area contributed by atoms with Crippen LogP contribution in [0.2, 0.25) is 10.0 Å². The van der Waals surface area contributed by atoms with Gasteiger partial charge in [0.15, 0.2) is 5.76 Å². The summed E-state index contributed by atoms with van der Waals surface area (Å²) >= 11 is 12.4. The number of amides is 1. The van der Waals surface area contributed by atoms with E-state index in [1.54, 1.807) is 30.3 Å². The zero-order valence-electron chi connectivity index (χ0n) is 17.4. The Morgan fingerprint density at radius 1 is 1.12 bits per heavy atom. The molecule has 7 nitrogen and oxygen atoms in total. The van der Waals surface area contributed by atoms with Crippen molar-refractivity contribution in [3.63, 3.8) is 0 Å². The quantitative estimate of drug-likeness (QED) is 0.375. The summed E-state index contributed by atoms with van der Waals surface area (Å²) < 4.78 is 13.0. The summed E-state index contributed by atoms with van der Waals surface area (Å²) in [6.07, 6.45) is 1.49. The molecule has 1 amide bonds. The number of carbonyl (C=O) groups excluding carboxylic acids is 1. The van der Waals surface area contributed by atoms with E-state index in [1.165, 1.54) is 11.0 Å². The van der Waals surface area contributed by atoms with Gasteiger partial charge in [-0.05, 0) is 55.3 Å². The summed E-state index contributed by atoms with van der Waals surface area (Å²) in [6, 6.07) is 14.5. The second-order valence-corrected chi connectivity index (χ2v) is 8.06. The number of benzene rings is 2. The Balaban J connectivity index is 1.37. The fourth-order valence-electron chi connectivity index (χ4n) is 3.03. The van der Waals surface area contributed by atoms with Gasteiger partial charge in [0.25, 0.3) is 5.91 Å². The molecule has 0 aliphatic rings. The molecule has 9 heteroatoms. The molecule has 4 rings (SSSR count). The molecule has 0 radical (unpaired) electrons. The molecule has 0 saturated carbocycles. The van der Waals surface area contributed by atoms with E-state index in [0.717, 1.165) is 22.4 Å². The van der Waals surface area contributed by atoms with Crippen LogP contribution in [0.3, 0.4) is 0 Å². The molecule has 0 bridgehead atoms. The van der Waals surface area contributed by atoms with Crippen molar-refractivity contribution >= 4 is 35.1 Å². The van der Waals surface area contributed by atoms with Gasteiger partial charge in [0.05, 0.1) is 6.54 Å². The van der Waals surface area contributed by atoms with Crippen molar-refractivity contribution in [1.82, 2.24) is 14.8 Å². The van der Waals surface area contributed by atoms with E-state index in [1.807, 2.05) is 32.0 Å². The Labute approximate surface area is 194 Å². The summed E-state index contributed by atoms with van der Waals surface area (Å²) in [4.78, 5) is 16.6. The lowest BCUT2D eigenvalue weighted by Crippen LogP contribution is -2.12. The first-order chi connectivity index (χ1) is 15.4. The molecule has 2 aromatic heterocycles. The number of ether oxygens (including phenoxy) is 1. The van der Waals surface area contributed by atoms with Gasteiger partial charge in [0, 0.05) is 15.6 Å². The average Bonchev–Trinajstić information content (AvgIpc) is 3.41. The Hall–Kier alpha value is -3.29. The van der Waals surface area contributed by atoms with Crippen molar-refractivity contribution in [3.8, 4) is 5.75 Å². The Bertz CT molecular complexity index is 1250. The number of aryl methyl sites for hydroxylation is 2. The monoisotopic (exact) mass is 470 g/mol. The normalized spacial score (nSPS) is 10.9. The first-order valence-electron chi connectivity index (χ1n) is 9.81. The topological polar surface area (TPSA) is 82.2 Å². The fourth-order valence-corrected chi connectivity index (χ4v) is 3.54. The molecule has 0 aliphatic heterocycles. The van der Waals surface area contributed by atoms with Crippen LogP contribution in [-0.4, -0.2) is 20.7 Å². The number of hydrogen-bond acceptors (Lipinski definition) is 5. The minimum absolute atomic E-state index is 0.134. The first-order valence-corrected chi connectivity index (χ1v) is 10.6. The minimum Gasteiger partial charge on any atom is -0.485 e. The molecular weight excluding hydrogens is 451 g/mol. The Morgan fingerprint density at radius 3 is 2.69 bits per heavy atom. The molecule has 4 aromatic rings. The Morgan fingerprint density at radius 2 is 1.91 bits per heavy atom. The van der Waals surface area contributed by atoms with E-state index >= 15 is 0 Å². The first kappa shape index (κ1) is 21.9. The van der Waals surface area contributed by atoms with E-state index in [-0.39, 0.29) is 18.3 Å². The van der Waals surface area contributed by atoms with Gasteiger partial charge in [-0.1, -0.05) is 41.4 Å². The van der Waals surface area contributed by atoms with Crippen molar-refractivity contribution in [2.75, 3.05) is 5.32 Å². The van der Waals surface area contributed by atoms with Crippen LogP contribution in [0.4, 0.5) is 5.95 Å². The maximum absolute atomic E-state index is 12.5. The predicted molar refractivity (Wildman–Crippen MR) is 122 cm³/mol. The van der Waals surface area contributed by atoms with Crippen LogP contribution in [0.5, 0.6) is 5.75 Å². The van der Waals surface area contributed by atoms with Crippen molar-refractivity contribution in [3.05, 3.63) is 93.1 Å². The lowest BCUT2D eigenvalue weighted by atomic mass is 10.1. The van der Waals surface area contributed by atoms with E-state index in [0.29, 0.717) is 22.4 Å². The number of nitrogens with one attached hydrogen (secondary N) is 1. The molecule has 32 heavy (non-hydrogen) atoms. The second-order valence-electron chi connectivity index (χ2n) is 7.24. The largest absolute Gasteiger partial charge is 0.485 e. The van der Waals surface area contributed by atoms with Crippen molar-refractivity contribution < 1.29 is 13.9 Å². The maximum Gasteiger partial charge on any atom is 0.293 e. The Kier molecular flexibility index (Phi) is 6.48. The average molecular weight is 471 g/mol. The number of halogens is 2. The van der Waals surface area contributed by atoms with E-state index in [4.69, 9.17) is 32.4 Å². The second kappa shape index (κ2) is 9.46. The molecule has 0 saturated heterocycles. The zero-order chi connectivity index (χ0) is 22.7. The third kappa shape index (κ3) is 5.12. The molecule has 0 atom stereocenters. The molecular formula is C23H20Cl2N4O3. The highest BCUT2D eigenvalue weighted by Crippen LogP contribution is 2.25. The fraction of sp³-hybridized carbons (Fsp3) is 0.174. The van der Waals surface area contributed by atoms with Gasteiger partial charge in [0.1, 0.15) is 24.4 Å². The summed E-state index contributed by atoms with van der Waals surface area (Å²) in [7, 11) is 0. The van der Waals surface area contributed by atoms with Crippen LogP contribution < -0.4 is 10.1 Å². The van der Waals surface area contributed by atoms with Crippen LogP contribution in [0.25, 0.3) is 0 Å². The van der Waals surface area contributed by atoms with Crippen molar-refractivity contribution in [2.45, 2.75) is 27.0 Å². The number of rotatable bonds is 7. The third-order valence-corrected chi connectivity index (χ3v) is 5.45. The summed E-state index contributed by atoms with van der Waals surface area (Å²) in [6.45, 7) is 4.51. The van der Waals surface area contributed by atoms with E-state index in [9.17, 15) is 4.79 Å². The van der Waals surface area contributed by atoms with Gasteiger partial charge in [-0.2, -0.15) is 0 Å². The molecule has 0 aliphatic carbocycles. The predicted octanol–water partition coefficient (Wildman–Crippen LogP) is 5.67. The number of carbonyl (C=O) groups is 1. The van der Waals surface area contributed by atoms with Crippen molar-refractivity contribution in [2.24, 2.45) is 0 Å². The van der Waals surface area contributed by atoms with Gasteiger partial charge in [-0.3, -0.25) is 10.1 Å². The molecule has 1 N–H and O–H groups in total. The highest BCUT2D eigenvalue weighted by Gasteiger charge is 2.15. The number of furan rings is 1. The molecule has 0 spiro atoms. The lowest BCUT2D eigenvalue weighted by molar-refractivity contribution is 0.0991. The standard InChI is InChI=1S/C23H20Cl2N4O3/c1-14-6-7-15(2)21(10-14)31-12-16-8-9-20(32-16)22(30)27-23-26-13-29(28-23)11-17-18(24)4-3-5-19(17)25/h3-10,13H,11-12H2,1-2H3,(H,27,28,30). The smallest absolute Gasteiger partial charge is 0.293 e. The van der Waals surface area contributed by atoms with Crippen molar-refractivity contribution in [1.29, 1.82) is 0 Å². The maximum atomic E-state index is 12.5. The van der Waals surface area contributed by atoms with Crippen LogP contribution in [0.15, 0.2) is 59.3 Å². The molecule has 0 fully saturated rings. The van der Waals surface area contributed by atoms with Crippen LogP contribution >= 0.6 is 23.2 Å². The third-order valence-electron chi connectivity index (χ3n) is 4.74. The molecule has 2 aromatic carbocycles.